The van der Waals surface area contributed by atoms with E-state index in [2.05, 4.69) is 9.97 Å². The Morgan fingerprint density at radius 2 is 1.43 bits per heavy atom. The maximum absolute atomic E-state index is 13.3. The first-order chi connectivity index (χ1) is 14.2. The lowest BCUT2D eigenvalue weighted by molar-refractivity contribution is 0.485. The number of hydrogen-bond acceptors (Lipinski definition) is 4. The molecule has 0 amide bonds. The largest absolute Gasteiger partial charge is 0.354 e. The molecule has 150 valence electrons. The molecule has 0 radical (unpaired) electrons. The summed E-state index contributed by atoms with van der Waals surface area (Å²) in [6.07, 6.45) is 0. The lowest BCUT2D eigenvalue weighted by Crippen LogP contribution is -2.16. The molecule has 8 heteroatoms. The van der Waals surface area contributed by atoms with Gasteiger partial charge in [0.2, 0.25) is 0 Å². The van der Waals surface area contributed by atoms with E-state index >= 15 is 0 Å². The van der Waals surface area contributed by atoms with Crippen molar-refractivity contribution < 1.29 is 13.0 Å². The van der Waals surface area contributed by atoms with Gasteiger partial charge in [0.1, 0.15) is 4.90 Å². The Hall–Kier alpha value is -3.49. The third-order valence-corrected chi connectivity index (χ3v) is 6.45. The van der Waals surface area contributed by atoms with Crippen molar-refractivity contribution in [3.05, 3.63) is 74.0 Å². The Morgan fingerprint density at radius 1 is 0.800 bits per heavy atom. The number of aryl methyl sites for hydroxylation is 2. The van der Waals surface area contributed by atoms with Gasteiger partial charge in [-0.05, 0) is 49.2 Å². The summed E-state index contributed by atoms with van der Waals surface area (Å²) in [5.41, 5.74) is 1.44. The van der Waals surface area contributed by atoms with Gasteiger partial charge in [0.25, 0.3) is 10.1 Å². The smallest absolute Gasteiger partial charge is 0.297 e. The monoisotopic (exact) mass is 420 g/mol. The Bertz CT molecular complexity index is 1780. The van der Waals surface area contributed by atoms with Gasteiger partial charge in [-0.2, -0.15) is 8.42 Å². The Balaban J connectivity index is 2.22. The number of nitrogens with one attached hydrogen (secondary N) is 2. The van der Waals surface area contributed by atoms with E-state index in [9.17, 15) is 22.6 Å². The molecule has 5 aromatic rings. The summed E-state index contributed by atoms with van der Waals surface area (Å²) >= 11 is 0. The number of aromatic nitrogens is 2. The SMILES string of the molecule is Cc1ccc2c(=O)c3c(C)c4[nH]c5ccccc5c(=O)c4c(S(=O)(=O)O)c3[nH]c2c1. The van der Waals surface area contributed by atoms with Gasteiger partial charge in [-0.3, -0.25) is 14.1 Å². The van der Waals surface area contributed by atoms with Crippen LogP contribution < -0.4 is 10.9 Å². The average molecular weight is 420 g/mol. The number of aromatic amines is 2. The van der Waals surface area contributed by atoms with E-state index in [0.29, 0.717) is 22.0 Å². The molecule has 2 heterocycles. The first kappa shape index (κ1) is 18.5. The summed E-state index contributed by atoms with van der Waals surface area (Å²) < 4.78 is 35.0. The number of rotatable bonds is 1. The summed E-state index contributed by atoms with van der Waals surface area (Å²) in [5, 5.41) is 0.605. The molecule has 0 saturated carbocycles. The highest BCUT2D eigenvalue weighted by Gasteiger charge is 2.26. The van der Waals surface area contributed by atoms with Crippen molar-refractivity contribution in [2.45, 2.75) is 18.7 Å². The number of benzene rings is 3. The zero-order valence-electron chi connectivity index (χ0n) is 16.0. The van der Waals surface area contributed by atoms with Crippen LogP contribution in [0.25, 0.3) is 43.6 Å². The normalized spacial score (nSPS) is 12.4. The predicted molar refractivity (Wildman–Crippen MR) is 117 cm³/mol. The van der Waals surface area contributed by atoms with Crippen LogP contribution in [-0.4, -0.2) is 22.9 Å². The lowest BCUT2D eigenvalue weighted by Gasteiger charge is -2.14. The van der Waals surface area contributed by atoms with Crippen LogP contribution in [0.4, 0.5) is 0 Å². The van der Waals surface area contributed by atoms with Gasteiger partial charge >= 0.3 is 0 Å². The molecule has 0 unspecified atom stereocenters. The molecule has 0 spiro atoms. The van der Waals surface area contributed by atoms with E-state index in [0.717, 1.165) is 5.56 Å². The molecular formula is C22H16N2O5S. The molecule has 0 aliphatic carbocycles. The first-order valence-corrected chi connectivity index (χ1v) is 10.6. The summed E-state index contributed by atoms with van der Waals surface area (Å²) in [6.45, 7) is 3.49. The topological polar surface area (TPSA) is 120 Å². The number of hydrogen-bond donors (Lipinski definition) is 3. The Kier molecular flexibility index (Phi) is 3.71. The van der Waals surface area contributed by atoms with Crippen molar-refractivity contribution >= 4 is 53.7 Å². The maximum Gasteiger partial charge on any atom is 0.297 e. The van der Waals surface area contributed by atoms with Crippen LogP contribution in [0.15, 0.2) is 56.9 Å². The molecule has 7 nitrogen and oxygen atoms in total. The summed E-state index contributed by atoms with van der Waals surface area (Å²) in [6, 6.07) is 11.9. The van der Waals surface area contributed by atoms with Crippen molar-refractivity contribution in [3.63, 3.8) is 0 Å². The number of pyridine rings is 2. The molecule has 3 N–H and O–H groups in total. The third kappa shape index (κ3) is 2.44. The van der Waals surface area contributed by atoms with E-state index < -0.39 is 20.4 Å². The van der Waals surface area contributed by atoms with Gasteiger partial charge in [-0.15, -0.1) is 0 Å². The van der Waals surface area contributed by atoms with Gasteiger partial charge in [0.15, 0.2) is 10.9 Å². The maximum atomic E-state index is 13.3. The zero-order valence-corrected chi connectivity index (χ0v) is 16.8. The lowest BCUT2D eigenvalue weighted by atomic mass is 10.00. The van der Waals surface area contributed by atoms with Gasteiger partial charge in [-0.25, -0.2) is 0 Å². The van der Waals surface area contributed by atoms with Crippen LogP contribution in [-0.2, 0) is 10.1 Å². The van der Waals surface area contributed by atoms with Crippen molar-refractivity contribution in [1.82, 2.24) is 9.97 Å². The molecule has 3 aromatic carbocycles. The minimum Gasteiger partial charge on any atom is -0.354 e. The summed E-state index contributed by atoms with van der Waals surface area (Å²) in [4.78, 5) is 32.0. The second kappa shape index (κ2) is 6.01. The molecule has 0 atom stereocenters. The fourth-order valence-electron chi connectivity index (χ4n) is 4.17. The molecule has 0 fully saturated rings. The average Bonchev–Trinajstić information content (AvgIpc) is 2.68. The summed E-state index contributed by atoms with van der Waals surface area (Å²) in [5.74, 6) is 0. The van der Waals surface area contributed by atoms with Crippen LogP contribution in [0.5, 0.6) is 0 Å². The molecular weight excluding hydrogens is 404 g/mol. The predicted octanol–water partition coefficient (Wildman–Crippen LogP) is 3.54. The molecule has 5 rings (SSSR count). The van der Waals surface area contributed by atoms with Crippen LogP contribution in [0.2, 0.25) is 0 Å². The standard InChI is InChI=1S/C22H16N2O5S/c1-10-7-8-13-15(9-10)24-19-16(20(13)25)11(2)18-17(22(19)30(27,28)29)21(26)12-5-3-4-6-14(12)23-18/h3-9H,1-2H3,(H,23,26)(H,24,25)(H,27,28,29). The van der Waals surface area contributed by atoms with Crippen molar-refractivity contribution in [3.8, 4) is 0 Å². The Labute approximate surface area is 169 Å². The highest BCUT2D eigenvalue weighted by atomic mass is 32.2. The second-order valence-corrected chi connectivity index (χ2v) is 8.79. The van der Waals surface area contributed by atoms with E-state index in [-0.39, 0.29) is 32.6 Å². The molecule has 0 aliphatic rings. The van der Waals surface area contributed by atoms with Crippen LogP contribution in [0.3, 0.4) is 0 Å². The fourth-order valence-corrected chi connectivity index (χ4v) is 5.04. The fraction of sp³-hybridized carbons (Fsp3) is 0.0909. The molecule has 2 aromatic heterocycles. The number of H-pyrrole nitrogens is 2. The third-order valence-electron chi connectivity index (χ3n) is 5.53. The van der Waals surface area contributed by atoms with Crippen LogP contribution >= 0.6 is 0 Å². The van der Waals surface area contributed by atoms with Crippen molar-refractivity contribution in [1.29, 1.82) is 0 Å². The van der Waals surface area contributed by atoms with Gasteiger partial charge in [-0.1, -0.05) is 18.2 Å². The van der Waals surface area contributed by atoms with E-state index in [1.807, 2.05) is 6.92 Å². The van der Waals surface area contributed by atoms with Crippen LogP contribution in [0, 0.1) is 13.8 Å². The number of fused-ring (bicyclic) bond motifs is 4. The van der Waals surface area contributed by atoms with Gasteiger partial charge in [0.05, 0.1) is 27.3 Å². The first-order valence-electron chi connectivity index (χ1n) is 9.19. The van der Waals surface area contributed by atoms with Crippen LogP contribution in [0.1, 0.15) is 11.1 Å². The minimum absolute atomic E-state index is 0.0774. The highest BCUT2D eigenvalue weighted by Crippen LogP contribution is 2.32. The van der Waals surface area contributed by atoms with Gasteiger partial charge < -0.3 is 9.97 Å². The second-order valence-electron chi connectivity index (χ2n) is 7.43. The van der Waals surface area contributed by atoms with E-state index in [4.69, 9.17) is 0 Å². The molecule has 0 aliphatic heterocycles. The molecule has 0 bridgehead atoms. The van der Waals surface area contributed by atoms with Crippen molar-refractivity contribution in [2.24, 2.45) is 0 Å². The Morgan fingerprint density at radius 3 is 2.17 bits per heavy atom. The number of para-hydroxylation sites is 1. The van der Waals surface area contributed by atoms with E-state index in [1.54, 1.807) is 49.4 Å². The highest BCUT2D eigenvalue weighted by molar-refractivity contribution is 7.86. The quantitative estimate of drug-likeness (QED) is 0.283. The summed E-state index contributed by atoms with van der Waals surface area (Å²) in [7, 11) is -4.85. The zero-order chi connectivity index (χ0) is 21.4. The van der Waals surface area contributed by atoms with E-state index in [1.165, 1.54) is 0 Å². The van der Waals surface area contributed by atoms with Gasteiger partial charge in [0, 0.05) is 16.3 Å². The molecule has 0 saturated heterocycles. The van der Waals surface area contributed by atoms with Crippen molar-refractivity contribution in [2.75, 3.05) is 0 Å². The minimum atomic E-state index is -4.85. The molecule has 30 heavy (non-hydrogen) atoms.